The van der Waals surface area contributed by atoms with E-state index in [1.54, 1.807) is 0 Å². The minimum Gasteiger partial charge on any atom is -0.477 e. The Hall–Kier alpha value is -0.920. The molecule has 1 aromatic heterocycles. The Morgan fingerprint density at radius 3 is 2.92 bits per heavy atom. The van der Waals surface area contributed by atoms with Crippen molar-refractivity contribution in [3.8, 4) is 5.88 Å². The number of halogens is 1. The lowest BCUT2D eigenvalue weighted by atomic mass is 10.4. The van der Waals surface area contributed by atoms with E-state index in [1.165, 1.54) is 12.3 Å². The summed E-state index contributed by atoms with van der Waals surface area (Å²) in [5.74, 6) is 0.439. The number of hydrogen-bond donors (Lipinski definition) is 0. The molecule has 0 unspecified atom stereocenters. The molecule has 0 aromatic carbocycles. The predicted molar refractivity (Wildman–Crippen MR) is 54.8 cm³/mol. The van der Waals surface area contributed by atoms with Gasteiger partial charge < -0.3 is 4.74 Å². The summed E-state index contributed by atoms with van der Waals surface area (Å²) in [4.78, 5) is 13.7. The van der Waals surface area contributed by atoms with Gasteiger partial charge in [-0.25, -0.2) is 4.98 Å². The molecule has 13 heavy (non-hydrogen) atoms. The van der Waals surface area contributed by atoms with Gasteiger partial charge >= 0.3 is 0 Å². The SMILES string of the molecule is CCOc1ncc([N+](=O)[O-])cc1I. The summed E-state index contributed by atoms with van der Waals surface area (Å²) in [6, 6.07) is 1.43. The van der Waals surface area contributed by atoms with Gasteiger partial charge in [0.2, 0.25) is 5.88 Å². The molecule has 0 atom stereocenters. The normalized spacial score (nSPS) is 9.69. The number of rotatable bonds is 3. The zero-order chi connectivity index (χ0) is 9.84. The van der Waals surface area contributed by atoms with Crippen LogP contribution in [0.1, 0.15) is 6.92 Å². The quantitative estimate of drug-likeness (QED) is 0.486. The van der Waals surface area contributed by atoms with Crippen LogP contribution in [-0.2, 0) is 0 Å². The Bertz CT molecular complexity index is 330. The molecule has 6 heteroatoms. The summed E-state index contributed by atoms with van der Waals surface area (Å²) in [6.07, 6.45) is 1.19. The molecule has 0 saturated heterocycles. The highest BCUT2D eigenvalue weighted by Crippen LogP contribution is 2.22. The molecule has 0 amide bonds. The summed E-state index contributed by atoms with van der Waals surface area (Å²) in [5, 5.41) is 10.3. The smallest absolute Gasteiger partial charge is 0.288 e. The fourth-order valence-electron chi connectivity index (χ4n) is 0.758. The third-order valence-electron chi connectivity index (χ3n) is 1.28. The second-order valence-electron chi connectivity index (χ2n) is 2.17. The van der Waals surface area contributed by atoms with E-state index in [2.05, 4.69) is 4.98 Å². The molecule has 0 aliphatic rings. The van der Waals surface area contributed by atoms with Crippen molar-refractivity contribution in [1.29, 1.82) is 0 Å². The summed E-state index contributed by atoms with van der Waals surface area (Å²) >= 11 is 1.95. The van der Waals surface area contributed by atoms with Gasteiger partial charge in [0, 0.05) is 6.07 Å². The van der Waals surface area contributed by atoms with Crippen LogP contribution in [0.25, 0.3) is 0 Å². The van der Waals surface area contributed by atoms with Gasteiger partial charge in [-0.15, -0.1) is 0 Å². The van der Waals surface area contributed by atoms with E-state index >= 15 is 0 Å². The zero-order valence-electron chi connectivity index (χ0n) is 6.86. The van der Waals surface area contributed by atoms with Crippen molar-refractivity contribution in [2.75, 3.05) is 6.61 Å². The number of nitro groups is 1. The molecule has 0 aliphatic heterocycles. The average molecular weight is 294 g/mol. The standard InChI is InChI=1S/C7H7IN2O3/c1-2-13-7-6(8)3-5(4-9-7)10(11)12/h3-4H,2H2,1H3. The van der Waals surface area contributed by atoms with E-state index in [-0.39, 0.29) is 5.69 Å². The second kappa shape index (κ2) is 4.35. The van der Waals surface area contributed by atoms with Gasteiger partial charge in [0.25, 0.3) is 5.69 Å². The lowest BCUT2D eigenvalue weighted by molar-refractivity contribution is -0.385. The lowest BCUT2D eigenvalue weighted by Crippen LogP contribution is -1.98. The Kier molecular flexibility index (Phi) is 3.40. The Labute approximate surface area is 88.4 Å². The van der Waals surface area contributed by atoms with Gasteiger partial charge in [0.15, 0.2) is 0 Å². The molecule has 0 spiro atoms. The summed E-state index contributed by atoms with van der Waals surface area (Å²) in [5.41, 5.74) is -0.0205. The molecular weight excluding hydrogens is 287 g/mol. The number of hydrogen-bond acceptors (Lipinski definition) is 4. The van der Waals surface area contributed by atoms with Crippen molar-refractivity contribution in [3.05, 3.63) is 25.9 Å². The van der Waals surface area contributed by atoms with Crippen LogP contribution in [0.15, 0.2) is 12.3 Å². The van der Waals surface area contributed by atoms with Crippen molar-refractivity contribution in [1.82, 2.24) is 4.98 Å². The van der Waals surface area contributed by atoms with Crippen LogP contribution in [0.2, 0.25) is 0 Å². The van der Waals surface area contributed by atoms with Crippen LogP contribution in [0, 0.1) is 13.7 Å². The van der Waals surface area contributed by atoms with Gasteiger partial charge in [-0.1, -0.05) is 0 Å². The second-order valence-corrected chi connectivity index (χ2v) is 3.33. The zero-order valence-corrected chi connectivity index (χ0v) is 9.02. The molecule has 0 saturated carbocycles. The summed E-state index contributed by atoms with van der Waals surface area (Å²) < 4.78 is 5.78. The monoisotopic (exact) mass is 294 g/mol. The third-order valence-corrected chi connectivity index (χ3v) is 2.06. The summed E-state index contributed by atoms with van der Waals surface area (Å²) in [6.45, 7) is 2.33. The maximum Gasteiger partial charge on any atom is 0.288 e. The minimum atomic E-state index is -0.481. The average Bonchev–Trinajstić information content (AvgIpc) is 2.08. The van der Waals surface area contributed by atoms with Gasteiger partial charge in [-0.3, -0.25) is 10.1 Å². The first kappa shape index (κ1) is 10.2. The first-order valence-corrected chi connectivity index (χ1v) is 4.65. The number of pyridine rings is 1. The van der Waals surface area contributed by atoms with E-state index < -0.39 is 4.92 Å². The molecule has 0 bridgehead atoms. The van der Waals surface area contributed by atoms with Gasteiger partial charge in [-0.05, 0) is 29.5 Å². The van der Waals surface area contributed by atoms with Crippen LogP contribution < -0.4 is 4.74 Å². The molecule has 1 aromatic rings. The fraction of sp³-hybridized carbons (Fsp3) is 0.286. The van der Waals surface area contributed by atoms with Crippen LogP contribution in [0.5, 0.6) is 5.88 Å². The minimum absolute atomic E-state index is 0.0205. The van der Waals surface area contributed by atoms with Gasteiger partial charge in [0.1, 0.15) is 6.20 Å². The molecule has 70 valence electrons. The molecule has 0 fully saturated rings. The van der Waals surface area contributed by atoms with Crippen LogP contribution in [-0.4, -0.2) is 16.5 Å². The van der Waals surface area contributed by atoms with Crippen LogP contribution in [0.4, 0.5) is 5.69 Å². The van der Waals surface area contributed by atoms with E-state index in [1.807, 2.05) is 29.5 Å². The number of aromatic nitrogens is 1. The van der Waals surface area contributed by atoms with Crippen LogP contribution >= 0.6 is 22.6 Å². The molecule has 5 nitrogen and oxygen atoms in total. The Morgan fingerprint density at radius 2 is 2.46 bits per heavy atom. The van der Waals surface area contributed by atoms with Gasteiger partial charge in [0.05, 0.1) is 15.1 Å². The molecular formula is C7H7IN2O3. The van der Waals surface area contributed by atoms with Crippen LogP contribution in [0.3, 0.4) is 0 Å². The van der Waals surface area contributed by atoms with Crippen molar-refractivity contribution in [2.45, 2.75) is 6.92 Å². The lowest BCUT2D eigenvalue weighted by Gasteiger charge is -2.02. The first-order chi connectivity index (χ1) is 6.15. The first-order valence-electron chi connectivity index (χ1n) is 3.58. The fourth-order valence-corrected chi connectivity index (χ4v) is 1.37. The largest absolute Gasteiger partial charge is 0.477 e. The van der Waals surface area contributed by atoms with E-state index in [0.717, 1.165) is 0 Å². The number of nitrogens with zero attached hydrogens (tertiary/aromatic N) is 2. The van der Waals surface area contributed by atoms with Gasteiger partial charge in [-0.2, -0.15) is 0 Å². The maximum atomic E-state index is 10.3. The molecule has 0 N–H and O–H groups in total. The highest BCUT2D eigenvalue weighted by Gasteiger charge is 2.10. The Balaban J connectivity index is 2.98. The predicted octanol–water partition coefficient (Wildman–Crippen LogP) is 1.99. The molecule has 0 radical (unpaired) electrons. The van der Waals surface area contributed by atoms with Crippen molar-refractivity contribution >= 4 is 28.3 Å². The Morgan fingerprint density at radius 1 is 1.77 bits per heavy atom. The molecule has 1 heterocycles. The summed E-state index contributed by atoms with van der Waals surface area (Å²) in [7, 11) is 0. The van der Waals surface area contributed by atoms with Crippen molar-refractivity contribution in [3.63, 3.8) is 0 Å². The van der Waals surface area contributed by atoms with Crippen molar-refractivity contribution in [2.24, 2.45) is 0 Å². The van der Waals surface area contributed by atoms with E-state index in [0.29, 0.717) is 16.1 Å². The third kappa shape index (κ3) is 2.51. The van der Waals surface area contributed by atoms with E-state index in [4.69, 9.17) is 4.74 Å². The highest BCUT2D eigenvalue weighted by molar-refractivity contribution is 14.1. The maximum absolute atomic E-state index is 10.3. The van der Waals surface area contributed by atoms with Crippen molar-refractivity contribution < 1.29 is 9.66 Å². The van der Waals surface area contributed by atoms with E-state index in [9.17, 15) is 10.1 Å². The molecule has 1 rings (SSSR count). The molecule has 0 aliphatic carbocycles. The number of ether oxygens (including phenoxy) is 1. The highest BCUT2D eigenvalue weighted by atomic mass is 127. The topological polar surface area (TPSA) is 65.3 Å².